The quantitative estimate of drug-likeness (QED) is 0.466. The van der Waals surface area contributed by atoms with Crippen molar-refractivity contribution >= 4 is 12.2 Å². The molecule has 2 aromatic carbocycles. The number of carbonyl (C=O) groups is 1. The summed E-state index contributed by atoms with van der Waals surface area (Å²) in [6.45, 7) is 1.92. The fourth-order valence-corrected chi connectivity index (χ4v) is 2.14. The van der Waals surface area contributed by atoms with Gasteiger partial charge in [-0.3, -0.25) is 0 Å². The third-order valence-electron chi connectivity index (χ3n) is 3.33. The first-order valence-corrected chi connectivity index (χ1v) is 7.13. The molecule has 23 heavy (non-hydrogen) atoms. The Morgan fingerprint density at radius 3 is 2.48 bits per heavy atom. The number of methoxy groups -OCH3 is 1. The topological polar surface area (TPSA) is 57.1 Å². The van der Waals surface area contributed by atoms with E-state index in [1.54, 1.807) is 6.07 Å². The first kappa shape index (κ1) is 16.5. The summed E-state index contributed by atoms with van der Waals surface area (Å²) in [5.74, 6) is 0.146. The highest BCUT2D eigenvalue weighted by molar-refractivity contribution is 5.86. The molecule has 1 atom stereocenters. The standard InChI is InChI=1S/C18H19NO4/c1-13-8-4-7-11-16(13)23-17(18(20)21-2)15-10-6-5-9-14(15)12-19-22-3/h4-12,17H,1-3H3. The molecular formula is C18H19NO4. The molecule has 0 radical (unpaired) electrons. The molecule has 5 nitrogen and oxygen atoms in total. The average molecular weight is 313 g/mol. The van der Waals surface area contributed by atoms with E-state index in [-0.39, 0.29) is 0 Å². The lowest BCUT2D eigenvalue weighted by molar-refractivity contribution is -0.149. The fraction of sp³-hybridized carbons (Fsp3) is 0.222. The summed E-state index contributed by atoms with van der Waals surface area (Å²) < 4.78 is 10.8. The van der Waals surface area contributed by atoms with Crippen LogP contribution < -0.4 is 4.74 Å². The normalized spacial score (nSPS) is 12.0. The summed E-state index contributed by atoms with van der Waals surface area (Å²) in [5, 5.41) is 3.76. The number of ether oxygens (including phenoxy) is 2. The molecule has 0 spiro atoms. The zero-order chi connectivity index (χ0) is 16.7. The van der Waals surface area contributed by atoms with Gasteiger partial charge in [-0.25, -0.2) is 4.79 Å². The average Bonchev–Trinajstić information content (AvgIpc) is 2.59. The van der Waals surface area contributed by atoms with E-state index in [1.807, 2.05) is 49.4 Å². The molecule has 1 unspecified atom stereocenters. The van der Waals surface area contributed by atoms with Crippen LogP contribution in [0.25, 0.3) is 0 Å². The summed E-state index contributed by atoms with van der Waals surface area (Å²) in [5.41, 5.74) is 2.31. The Labute approximate surface area is 135 Å². The lowest BCUT2D eigenvalue weighted by Crippen LogP contribution is -2.22. The van der Waals surface area contributed by atoms with Crippen LogP contribution in [0.4, 0.5) is 0 Å². The van der Waals surface area contributed by atoms with Crippen LogP contribution in [-0.2, 0) is 14.4 Å². The molecule has 0 aliphatic carbocycles. The minimum Gasteiger partial charge on any atom is -0.474 e. The van der Waals surface area contributed by atoms with E-state index in [0.717, 1.165) is 11.1 Å². The summed E-state index contributed by atoms with van der Waals surface area (Å²) in [7, 11) is 2.79. The van der Waals surface area contributed by atoms with Gasteiger partial charge in [0.05, 0.1) is 13.3 Å². The molecule has 2 aromatic rings. The van der Waals surface area contributed by atoms with Crippen LogP contribution >= 0.6 is 0 Å². The smallest absolute Gasteiger partial charge is 0.351 e. The molecule has 0 fully saturated rings. The van der Waals surface area contributed by atoms with Crippen molar-refractivity contribution in [1.29, 1.82) is 0 Å². The number of esters is 1. The second-order valence-corrected chi connectivity index (χ2v) is 4.83. The Morgan fingerprint density at radius 1 is 1.09 bits per heavy atom. The van der Waals surface area contributed by atoms with Crippen LogP contribution in [0.2, 0.25) is 0 Å². The Bertz CT molecular complexity index is 697. The number of aryl methyl sites for hydroxylation is 1. The number of para-hydroxylation sites is 1. The van der Waals surface area contributed by atoms with Gasteiger partial charge in [0, 0.05) is 11.1 Å². The van der Waals surface area contributed by atoms with E-state index in [1.165, 1.54) is 20.4 Å². The molecule has 0 bridgehead atoms. The van der Waals surface area contributed by atoms with Gasteiger partial charge in [0.15, 0.2) is 0 Å². The first-order chi connectivity index (χ1) is 11.2. The summed E-state index contributed by atoms with van der Waals surface area (Å²) >= 11 is 0. The molecule has 5 heteroatoms. The fourth-order valence-electron chi connectivity index (χ4n) is 2.14. The maximum atomic E-state index is 12.2. The Morgan fingerprint density at radius 2 is 1.78 bits per heavy atom. The predicted octanol–water partition coefficient (Wildman–Crippen LogP) is 3.27. The summed E-state index contributed by atoms with van der Waals surface area (Å²) in [4.78, 5) is 16.9. The molecule has 0 heterocycles. The minimum absolute atomic E-state index is 0.480. The van der Waals surface area contributed by atoms with E-state index in [4.69, 9.17) is 14.3 Å². The molecule has 0 amide bonds. The molecule has 0 aromatic heterocycles. The number of hydrogen-bond donors (Lipinski definition) is 0. The van der Waals surface area contributed by atoms with Gasteiger partial charge < -0.3 is 14.3 Å². The maximum absolute atomic E-state index is 12.2. The van der Waals surface area contributed by atoms with Crippen LogP contribution in [0.3, 0.4) is 0 Å². The molecule has 0 aliphatic rings. The van der Waals surface area contributed by atoms with Gasteiger partial charge in [0.1, 0.15) is 12.9 Å². The molecule has 2 rings (SSSR count). The van der Waals surface area contributed by atoms with Gasteiger partial charge in [-0.1, -0.05) is 47.6 Å². The van der Waals surface area contributed by atoms with Crippen molar-refractivity contribution in [2.24, 2.45) is 5.16 Å². The van der Waals surface area contributed by atoms with E-state index in [2.05, 4.69) is 5.16 Å². The lowest BCUT2D eigenvalue weighted by Gasteiger charge is -2.20. The van der Waals surface area contributed by atoms with Crippen LogP contribution in [0.1, 0.15) is 22.8 Å². The van der Waals surface area contributed by atoms with Gasteiger partial charge in [-0.15, -0.1) is 0 Å². The van der Waals surface area contributed by atoms with Gasteiger partial charge in [0.25, 0.3) is 0 Å². The number of nitrogens with zero attached hydrogens (tertiary/aromatic N) is 1. The highest BCUT2D eigenvalue weighted by Crippen LogP contribution is 2.27. The third kappa shape index (κ3) is 4.10. The number of rotatable bonds is 6. The molecule has 0 saturated carbocycles. The molecule has 0 aliphatic heterocycles. The van der Waals surface area contributed by atoms with Crippen molar-refractivity contribution in [2.45, 2.75) is 13.0 Å². The monoisotopic (exact) mass is 313 g/mol. The van der Waals surface area contributed by atoms with Crippen LogP contribution in [0.15, 0.2) is 53.7 Å². The van der Waals surface area contributed by atoms with E-state index in [0.29, 0.717) is 11.3 Å². The first-order valence-electron chi connectivity index (χ1n) is 7.13. The summed E-state index contributed by atoms with van der Waals surface area (Å²) in [6, 6.07) is 14.8. The third-order valence-corrected chi connectivity index (χ3v) is 3.33. The Kier molecular flexibility index (Phi) is 5.74. The highest BCUT2D eigenvalue weighted by atomic mass is 16.6. The Balaban J connectivity index is 2.42. The van der Waals surface area contributed by atoms with Crippen LogP contribution in [-0.4, -0.2) is 26.4 Å². The van der Waals surface area contributed by atoms with Gasteiger partial charge in [-0.05, 0) is 18.6 Å². The largest absolute Gasteiger partial charge is 0.474 e. The number of carbonyl (C=O) groups excluding carboxylic acids is 1. The molecule has 0 N–H and O–H groups in total. The highest BCUT2D eigenvalue weighted by Gasteiger charge is 2.26. The van der Waals surface area contributed by atoms with Crippen molar-refractivity contribution in [3.63, 3.8) is 0 Å². The van der Waals surface area contributed by atoms with Crippen molar-refractivity contribution in [1.82, 2.24) is 0 Å². The van der Waals surface area contributed by atoms with Gasteiger partial charge >= 0.3 is 5.97 Å². The molecule has 0 saturated heterocycles. The lowest BCUT2D eigenvalue weighted by atomic mass is 10.0. The zero-order valence-electron chi connectivity index (χ0n) is 13.4. The van der Waals surface area contributed by atoms with E-state index >= 15 is 0 Å². The predicted molar refractivity (Wildman–Crippen MR) is 87.6 cm³/mol. The van der Waals surface area contributed by atoms with Gasteiger partial charge in [0.2, 0.25) is 6.10 Å². The number of oxime groups is 1. The second-order valence-electron chi connectivity index (χ2n) is 4.83. The summed E-state index contributed by atoms with van der Waals surface area (Å²) in [6.07, 6.45) is 0.646. The van der Waals surface area contributed by atoms with E-state index < -0.39 is 12.1 Å². The van der Waals surface area contributed by atoms with Crippen molar-refractivity contribution in [2.75, 3.05) is 14.2 Å². The maximum Gasteiger partial charge on any atom is 0.351 e. The SMILES string of the molecule is CON=Cc1ccccc1C(Oc1ccccc1C)C(=O)OC. The van der Waals surface area contributed by atoms with Crippen molar-refractivity contribution in [3.8, 4) is 5.75 Å². The van der Waals surface area contributed by atoms with Crippen LogP contribution in [0.5, 0.6) is 5.75 Å². The Hall–Kier alpha value is -2.82. The second kappa shape index (κ2) is 7.98. The van der Waals surface area contributed by atoms with Crippen LogP contribution in [0, 0.1) is 6.92 Å². The minimum atomic E-state index is -0.888. The number of hydrogen-bond acceptors (Lipinski definition) is 5. The van der Waals surface area contributed by atoms with Gasteiger partial charge in [-0.2, -0.15) is 0 Å². The number of benzene rings is 2. The van der Waals surface area contributed by atoms with Crippen molar-refractivity contribution < 1.29 is 19.1 Å². The molecule has 120 valence electrons. The molecular weight excluding hydrogens is 294 g/mol. The van der Waals surface area contributed by atoms with Crippen molar-refractivity contribution in [3.05, 3.63) is 65.2 Å². The van der Waals surface area contributed by atoms with E-state index in [9.17, 15) is 4.79 Å². The zero-order valence-corrected chi connectivity index (χ0v) is 13.4.